The second kappa shape index (κ2) is 12.1. The zero-order valence-corrected chi connectivity index (χ0v) is 27.4. The molecule has 3 aromatic carbocycles. The number of aliphatic hydroxyl groups excluding tert-OH is 1. The molecule has 4 atom stereocenters. The van der Waals surface area contributed by atoms with Gasteiger partial charge in [0.15, 0.2) is 6.23 Å². The third kappa shape index (κ3) is 5.43. The zero-order chi connectivity index (χ0) is 32.7. The third-order valence-corrected chi connectivity index (χ3v) is 14.1. The molecule has 2 N–H and O–H groups in total. The molecule has 0 spiro atoms. The molecule has 0 saturated carbocycles. The number of H-pyrrole nitrogens is 1. The quantitative estimate of drug-likeness (QED) is 0.284. The van der Waals surface area contributed by atoms with Crippen LogP contribution in [0.2, 0.25) is 5.04 Å². The number of benzene rings is 3. The van der Waals surface area contributed by atoms with Crippen LogP contribution in [-0.2, 0) is 20.5 Å². The molecule has 3 heterocycles. The van der Waals surface area contributed by atoms with E-state index in [1.807, 2.05) is 66.7 Å². The number of aromatic amines is 1. The molecule has 2 fully saturated rings. The van der Waals surface area contributed by atoms with Crippen molar-refractivity contribution in [3.63, 3.8) is 0 Å². The van der Waals surface area contributed by atoms with E-state index in [2.05, 4.69) is 50.0 Å². The van der Waals surface area contributed by atoms with Crippen LogP contribution in [0.15, 0.2) is 107 Å². The molecule has 10 nitrogen and oxygen atoms in total. The van der Waals surface area contributed by atoms with Crippen molar-refractivity contribution in [3.8, 4) is 0 Å². The summed E-state index contributed by atoms with van der Waals surface area (Å²) in [5.74, 6) is 0. The highest BCUT2D eigenvalue weighted by Gasteiger charge is 2.68. The topological polar surface area (TPSA) is 123 Å². The minimum atomic E-state index is -3.03. The standard InChI is InChI=1S/C35H39N3O7Si/c1-24-20-37(32(41)36-30(24)40)31-28(39)29-35(45-31,22-38(29)33(42)43-21-25-14-8-5-9-15-25)23-44-46(34(2,3)4,26-16-10-6-11-17-26)27-18-12-7-13-19-27/h5-20,28-29,31,39H,21-23H2,1-4H3,(H,36,40,41)/t28-,29?,31-,35-/m1/s1. The lowest BCUT2D eigenvalue weighted by Crippen LogP contribution is -2.75. The van der Waals surface area contributed by atoms with Crippen molar-refractivity contribution in [2.45, 2.75) is 63.3 Å². The van der Waals surface area contributed by atoms with Crippen LogP contribution in [0.3, 0.4) is 0 Å². The average Bonchev–Trinajstić information content (AvgIpc) is 3.24. The van der Waals surface area contributed by atoms with Gasteiger partial charge in [-0.2, -0.15) is 0 Å². The highest BCUT2D eigenvalue weighted by Crippen LogP contribution is 2.49. The zero-order valence-electron chi connectivity index (χ0n) is 26.4. The van der Waals surface area contributed by atoms with Crippen LogP contribution in [0, 0.1) is 6.92 Å². The number of nitrogens with zero attached hydrogens (tertiary/aromatic N) is 2. The highest BCUT2D eigenvalue weighted by molar-refractivity contribution is 6.99. The van der Waals surface area contributed by atoms with Gasteiger partial charge >= 0.3 is 11.8 Å². The second-order valence-electron chi connectivity index (χ2n) is 13.1. The van der Waals surface area contributed by atoms with Gasteiger partial charge in [0.1, 0.15) is 18.3 Å². The van der Waals surface area contributed by atoms with Crippen LogP contribution in [-0.4, -0.2) is 64.9 Å². The molecule has 2 aliphatic heterocycles. The van der Waals surface area contributed by atoms with Crippen molar-refractivity contribution < 1.29 is 23.8 Å². The first-order valence-electron chi connectivity index (χ1n) is 15.4. The Bertz CT molecular complexity index is 1770. The number of carbonyl (C=O) groups excluding carboxylic acids is 1. The largest absolute Gasteiger partial charge is 0.445 e. The fraction of sp³-hybridized carbons (Fsp3) is 0.343. The van der Waals surface area contributed by atoms with Crippen molar-refractivity contribution >= 4 is 24.8 Å². The maximum Gasteiger partial charge on any atom is 0.410 e. The van der Waals surface area contributed by atoms with Gasteiger partial charge in [-0.1, -0.05) is 112 Å². The SMILES string of the molecule is Cc1cn([C@@H]2O[C@@]3(CO[Si](c4ccccc4)(c4ccccc4)C(C)(C)C)CN(C(=O)OCc4ccccc4)C3[C@H]2O)c(=O)[nH]c1=O. The number of fused-ring (bicyclic) bond motifs is 1. The third-order valence-electron chi connectivity index (χ3n) is 9.09. The van der Waals surface area contributed by atoms with E-state index in [1.165, 1.54) is 15.7 Å². The van der Waals surface area contributed by atoms with Crippen molar-refractivity contribution in [1.29, 1.82) is 0 Å². The van der Waals surface area contributed by atoms with Gasteiger partial charge in [0.05, 0.1) is 19.2 Å². The summed E-state index contributed by atoms with van der Waals surface area (Å²) in [7, 11) is -3.03. The Morgan fingerprint density at radius 1 is 0.978 bits per heavy atom. The number of hydrogen-bond acceptors (Lipinski definition) is 7. The van der Waals surface area contributed by atoms with Crippen molar-refractivity contribution in [1.82, 2.24) is 14.5 Å². The molecule has 6 rings (SSSR count). The summed E-state index contributed by atoms with van der Waals surface area (Å²) in [5, 5.41) is 13.6. The number of carbonyl (C=O) groups is 1. The summed E-state index contributed by atoms with van der Waals surface area (Å²) < 4.78 is 20.6. The van der Waals surface area contributed by atoms with Gasteiger partial charge in [-0.15, -0.1) is 0 Å². The number of nitrogens with one attached hydrogen (secondary N) is 1. The normalized spacial score (nSPS) is 22.6. The predicted molar refractivity (Wildman–Crippen MR) is 176 cm³/mol. The number of aliphatic hydroxyl groups is 1. The molecular weight excluding hydrogens is 602 g/mol. The van der Waals surface area contributed by atoms with Crippen LogP contribution in [0.1, 0.15) is 38.1 Å². The van der Waals surface area contributed by atoms with Crippen LogP contribution in [0.25, 0.3) is 0 Å². The van der Waals surface area contributed by atoms with Gasteiger partial charge < -0.3 is 19.0 Å². The number of amides is 1. The van der Waals surface area contributed by atoms with Gasteiger partial charge in [0.25, 0.3) is 13.9 Å². The summed E-state index contributed by atoms with van der Waals surface area (Å²) in [4.78, 5) is 42.2. The van der Waals surface area contributed by atoms with Crippen LogP contribution in [0.5, 0.6) is 0 Å². The van der Waals surface area contributed by atoms with Gasteiger partial charge in [0.2, 0.25) is 0 Å². The molecule has 1 aromatic heterocycles. The number of rotatable bonds is 8. The summed E-state index contributed by atoms with van der Waals surface area (Å²) in [5.41, 5.74) is -1.29. The summed E-state index contributed by atoms with van der Waals surface area (Å²) >= 11 is 0. The van der Waals surface area contributed by atoms with Crippen LogP contribution < -0.4 is 21.6 Å². The van der Waals surface area contributed by atoms with Gasteiger partial charge in [-0.25, -0.2) is 9.59 Å². The number of hydrogen-bond donors (Lipinski definition) is 2. The van der Waals surface area contributed by atoms with Gasteiger partial charge in [-0.3, -0.25) is 19.2 Å². The van der Waals surface area contributed by atoms with E-state index < -0.39 is 49.6 Å². The molecule has 0 radical (unpaired) electrons. The fourth-order valence-corrected chi connectivity index (χ4v) is 11.5. The lowest BCUT2D eigenvalue weighted by Gasteiger charge is -2.53. The number of ether oxygens (including phenoxy) is 2. The van der Waals surface area contributed by atoms with E-state index in [-0.39, 0.29) is 30.4 Å². The lowest BCUT2D eigenvalue weighted by atomic mass is 9.83. The monoisotopic (exact) mass is 641 g/mol. The Kier molecular flexibility index (Phi) is 8.36. The fourth-order valence-electron chi connectivity index (χ4n) is 6.85. The van der Waals surface area contributed by atoms with Crippen molar-refractivity contribution in [2.24, 2.45) is 0 Å². The first-order chi connectivity index (χ1) is 22.0. The van der Waals surface area contributed by atoms with E-state index in [0.29, 0.717) is 0 Å². The van der Waals surface area contributed by atoms with Crippen LogP contribution >= 0.6 is 0 Å². The summed E-state index contributed by atoms with van der Waals surface area (Å²) in [6.45, 7) is 8.24. The molecule has 2 saturated heterocycles. The average molecular weight is 642 g/mol. The Labute approximate surface area is 268 Å². The molecule has 0 bridgehead atoms. The Morgan fingerprint density at radius 3 is 2.11 bits per heavy atom. The Hall–Kier alpha value is -4.29. The maximum absolute atomic E-state index is 13.4. The first kappa shape index (κ1) is 31.7. The van der Waals surface area contributed by atoms with Crippen molar-refractivity contribution in [3.05, 3.63) is 129 Å². The maximum atomic E-state index is 13.4. The van der Waals surface area contributed by atoms with E-state index in [9.17, 15) is 19.5 Å². The Morgan fingerprint density at radius 2 is 1.54 bits per heavy atom. The molecule has 11 heteroatoms. The molecule has 240 valence electrons. The van der Waals surface area contributed by atoms with E-state index in [1.54, 1.807) is 6.92 Å². The molecule has 4 aromatic rings. The van der Waals surface area contributed by atoms with Crippen LogP contribution in [0.4, 0.5) is 4.79 Å². The number of likely N-dealkylation sites (tertiary alicyclic amines) is 1. The van der Waals surface area contributed by atoms with E-state index in [4.69, 9.17) is 13.9 Å². The minimum Gasteiger partial charge on any atom is -0.445 e. The van der Waals surface area contributed by atoms with Gasteiger partial charge in [0, 0.05) is 11.8 Å². The minimum absolute atomic E-state index is 0.0397. The molecule has 46 heavy (non-hydrogen) atoms. The highest BCUT2D eigenvalue weighted by atomic mass is 28.4. The summed E-state index contributed by atoms with van der Waals surface area (Å²) in [6, 6.07) is 28.8. The van der Waals surface area contributed by atoms with E-state index in [0.717, 1.165) is 15.9 Å². The molecule has 1 amide bonds. The second-order valence-corrected chi connectivity index (χ2v) is 17.4. The summed E-state index contributed by atoms with van der Waals surface area (Å²) in [6.07, 6.45) is -1.73. The van der Waals surface area contributed by atoms with Gasteiger partial charge in [-0.05, 0) is 27.9 Å². The molecular formula is C35H39N3O7Si. The van der Waals surface area contributed by atoms with E-state index >= 15 is 0 Å². The Balaban J connectivity index is 1.37. The lowest BCUT2D eigenvalue weighted by molar-refractivity contribution is -0.170. The van der Waals surface area contributed by atoms with Crippen molar-refractivity contribution in [2.75, 3.05) is 13.2 Å². The predicted octanol–water partition coefficient (Wildman–Crippen LogP) is 3.07. The molecule has 2 aliphatic rings. The molecule has 0 aliphatic carbocycles. The molecule has 1 unspecified atom stereocenters. The number of aryl methyl sites for hydroxylation is 1. The smallest absolute Gasteiger partial charge is 0.410 e. The first-order valence-corrected chi connectivity index (χ1v) is 17.3. The number of aromatic nitrogens is 2.